The second-order valence-corrected chi connectivity index (χ2v) is 22.0. The number of ketones is 1. The third-order valence-electron chi connectivity index (χ3n) is 12.2. The monoisotopic (exact) mass is 987 g/mol. The molecule has 0 fully saturated rings. The molecule has 6 rings (SSSR count). The number of pyridine rings is 1. The van der Waals surface area contributed by atoms with E-state index in [9.17, 15) is 9.90 Å². The number of hydrogen-bond donors (Lipinski definition) is 1. The van der Waals surface area contributed by atoms with Crippen LogP contribution in [0.3, 0.4) is 0 Å². The quantitative estimate of drug-likeness (QED) is 0.0512. The third kappa shape index (κ3) is 9.68. The van der Waals surface area contributed by atoms with E-state index >= 15 is 0 Å². The normalized spacial score (nSPS) is 12.3. The van der Waals surface area contributed by atoms with Gasteiger partial charge >= 0.3 is 0 Å². The molecule has 0 amide bonds. The smallest absolute Gasteiger partial charge is 0.163 e. The van der Waals surface area contributed by atoms with Gasteiger partial charge in [-0.05, 0) is 71.0 Å². The molecule has 0 atom stereocenters. The molecule has 3 nitrogen and oxygen atoms in total. The van der Waals surface area contributed by atoms with Gasteiger partial charge < -0.3 is 5.11 Å². The van der Waals surface area contributed by atoms with E-state index in [0.29, 0.717) is 5.54 Å². The van der Waals surface area contributed by atoms with Gasteiger partial charge in [0.25, 0.3) is 0 Å². The first-order valence-electron chi connectivity index (χ1n) is 21.3. The summed E-state index contributed by atoms with van der Waals surface area (Å²) in [5, 5.41) is 16.5. The van der Waals surface area contributed by atoms with Gasteiger partial charge in [0.2, 0.25) is 0 Å². The number of fused-ring (bicyclic) bond motifs is 2. The molecular formula is C52H64IrNO2SSi-. The molecule has 1 N–H and O–H groups in total. The number of carbonyl (C=O) groups is 1. The Morgan fingerprint density at radius 3 is 1.81 bits per heavy atom. The number of aryl methyl sites for hydroxylation is 1. The SMILES string of the molecule is CCC(CC)C(=O)/C=C(\O)C(CC)CC.CCC(CC)[Si](c1ccccc1)(c1ccccc1)c1sc2c(-c3[c-]c4ccccc4c(C(C)(C)C)c3)nccc2c1C.[Ir]. The zero-order valence-electron chi connectivity index (χ0n) is 36.4. The first kappa shape index (κ1) is 47.0. The molecule has 0 spiro atoms. The number of aromatic nitrogens is 1. The van der Waals surface area contributed by atoms with Crippen molar-refractivity contribution in [3.63, 3.8) is 0 Å². The van der Waals surface area contributed by atoms with Crippen molar-refractivity contribution in [2.75, 3.05) is 0 Å². The Balaban J connectivity index is 0.000000398. The van der Waals surface area contributed by atoms with Gasteiger partial charge in [-0.3, -0.25) is 9.78 Å². The predicted molar refractivity (Wildman–Crippen MR) is 251 cm³/mol. The number of carbonyl (C=O) groups excluding carboxylic acids is 1. The Morgan fingerprint density at radius 1 is 0.759 bits per heavy atom. The predicted octanol–water partition coefficient (Wildman–Crippen LogP) is 13.1. The van der Waals surface area contributed by atoms with Gasteiger partial charge in [-0.15, -0.1) is 40.5 Å². The minimum absolute atomic E-state index is 0. The third-order valence-corrected chi connectivity index (χ3v) is 20.2. The van der Waals surface area contributed by atoms with Crippen molar-refractivity contribution in [2.45, 2.75) is 119 Å². The van der Waals surface area contributed by atoms with E-state index in [-0.39, 0.29) is 48.9 Å². The van der Waals surface area contributed by atoms with E-state index in [2.05, 4.69) is 145 Å². The van der Waals surface area contributed by atoms with E-state index < -0.39 is 8.07 Å². The number of allylic oxidation sites excluding steroid dienone is 2. The zero-order valence-corrected chi connectivity index (χ0v) is 40.6. The van der Waals surface area contributed by atoms with E-state index in [1.54, 1.807) is 4.50 Å². The molecule has 0 saturated heterocycles. The van der Waals surface area contributed by atoms with E-state index in [4.69, 9.17) is 4.98 Å². The largest absolute Gasteiger partial charge is 0.512 e. The summed E-state index contributed by atoms with van der Waals surface area (Å²) in [6.07, 6.45) is 9.22. The number of nitrogens with zero attached hydrogens (tertiary/aromatic N) is 1. The zero-order chi connectivity index (χ0) is 41.3. The fraction of sp³-hybridized carbons (Fsp3) is 0.385. The maximum atomic E-state index is 11.7. The first-order chi connectivity index (χ1) is 27.4. The Bertz CT molecular complexity index is 2220. The van der Waals surface area contributed by atoms with E-state index in [1.807, 2.05) is 45.2 Å². The number of rotatable bonds is 14. The number of thiophene rings is 1. The molecule has 6 aromatic rings. The van der Waals surface area contributed by atoms with Crippen LogP contribution in [0, 0.1) is 24.8 Å². The summed E-state index contributed by atoms with van der Waals surface area (Å²) in [6, 6.07) is 39.9. The van der Waals surface area contributed by atoms with Crippen LogP contribution in [0.4, 0.5) is 0 Å². The van der Waals surface area contributed by atoms with Gasteiger partial charge in [-0.2, -0.15) is 0 Å². The van der Waals surface area contributed by atoms with Crippen LogP contribution in [0.1, 0.15) is 112 Å². The molecule has 0 saturated carbocycles. The summed E-state index contributed by atoms with van der Waals surface area (Å²) in [4.78, 5) is 16.8. The molecule has 6 heteroatoms. The van der Waals surface area contributed by atoms with Crippen molar-refractivity contribution < 1.29 is 30.0 Å². The van der Waals surface area contributed by atoms with Gasteiger partial charge in [0.05, 0.1) is 5.76 Å². The minimum atomic E-state index is -2.41. The number of hydrogen-bond acceptors (Lipinski definition) is 4. The molecule has 0 aliphatic heterocycles. The molecule has 1 radical (unpaired) electrons. The fourth-order valence-electron chi connectivity index (χ4n) is 8.86. The second kappa shape index (κ2) is 21.0. The number of aliphatic hydroxyl groups excluding tert-OH is 1. The van der Waals surface area contributed by atoms with Crippen LogP contribution in [0.2, 0.25) is 5.54 Å². The molecule has 2 heterocycles. The molecule has 0 aliphatic carbocycles. The maximum absolute atomic E-state index is 11.7. The van der Waals surface area contributed by atoms with Gasteiger partial charge in [0, 0.05) is 59.1 Å². The summed E-state index contributed by atoms with van der Waals surface area (Å²) in [5.74, 6) is 0.547. The Morgan fingerprint density at radius 2 is 1.29 bits per heavy atom. The Hall–Kier alpha value is -3.67. The van der Waals surface area contributed by atoms with Crippen LogP contribution < -0.4 is 14.9 Å². The molecule has 309 valence electrons. The van der Waals surface area contributed by atoms with Gasteiger partial charge in [0.1, 0.15) is 0 Å². The topological polar surface area (TPSA) is 50.2 Å². The second-order valence-electron chi connectivity index (χ2n) is 16.5. The Labute approximate surface area is 367 Å². The standard InChI is InChI=1S/C39H40NSSi.C13H24O2.Ir/c1-7-30(8-2)42(31-18-11-9-12-19-31,32-20-13-10-14-21-32)38-27(3)33-23-24-40-36(37(33)41-38)29-25-28-17-15-16-22-34(28)35(26-29)39(4,5)6;1-5-10(6-2)12(14)9-13(15)11(7-3)8-4;/h9-24,26,30H,7-8H2,1-6H3;9-11,14H,5-8H2,1-4H3;/q-1;;/b;12-9-;. The summed E-state index contributed by atoms with van der Waals surface area (Å²) in [5.41, 5.74) is 5.48. The van der Waals surface area contributed by atoms with Crippen LogP contribution in [-0.2, 0) is 30.3 Å². The summed E-state index contributed by atoms with van der Waals surface area (Å²) < 4.78 is 2.85. The van der Waals surface area contributed by atoms with Gasteiger partial charge in [0.15, 0.2) is 13.9 Å². The van der Waals surface area contributed by atoms with Crippen LogP contribution in [0.25, 0.3) is 32.1 Å². The average molecular weight is 987 g/mol. The molecule has 2 aromatic heterocycles. The summed E-state index contributed by atoms with van der Waals surface area (Å²) in [6.45, 7) is 22.1. The van der Waals surface area contributed by atoms with Crippen LogP contribution in [0.15, 0.2) is 115 Å². The maximum Gasteiger partial charge on any atom is 0.163 e. The van der Waals surface area contributed by atoms with Crippen molar-refractivity contribution in [2.24, 2.45) is 11.8 Å². The molecule has 0 bridgehead atoms. The number of benzene rings is 4. The van der Waals surface area contributed by atoms with Crippen molar-refractivity contribution in [1.29, 1.82) is 0 Å². The van der Waals surface area contributed by atoms with Crippen LogP contribution in [0.5, 0.6) is 0 Å². The molecule has 0 unspecified atom stereocenters. The summed E-state index contributed by atoms with van der Waals surface area (Å²) in [7, 11) is -2.41. The van der Waals surface area contributed by atoms with Crippen LogP contribution in [-0.4, -0.2) is 23.9 Å². The van der Waals surface area contributed by atoms with Gasteiger partial charge in [-0.1, -0.05) is 165 Å². The first-order valence-corrected chi connectivity index (χ1v) is 24.2. The minimum Gasteiger partial charge on any atom is -0.512 e. The van der Waals surface area contributed by atoms with Crippen molar-refractivity contribution in [3.05, 3.63) is 132 Å². The molecule has 0 aliphatic rings. The molecule has 58 heavy (non-hydrogen) atoms. The fourth-order valence-corrected chi connectivity index (χ4v) is 17.6. The van der Waals surface area contributed by atoms with Gasteiger partial charge in [-0.25, -0.2) is 0 Å². The molecule has 4 aromatic carbocycles. The Kier molecular flexibility index (Phi) is 17.0. The van der Waals surface area contributed by atoms with E-state index in [0.717, 1.165) is 55.2 Å². The van der Waals surface area contributed by atoms with Crippen molar-refractivity contribution in [3.8, 4) is 11.3 Å². The summed E-state index contributed by atoms with van der Waals surface area (Å²) >= 11 is 2.00. The van der Waals surface area contributed by atoms with Crippen molar-refractivity contribution >= 4 is 60.9 Å². The van der Waals surface area contributed by atoms with Crippen molar-refractivity contribution in [1.82, 2.24) is 4.98 Å². The number of aliphatic hydroxyl groups is 1. The van der Waals surface area contributed by atoms with E-state index in [1.165, 1.54) is 43.0 Å². The average Bonchev–Trinajstić information content (AvgIpc) is 3.57. The van der Waals surface area contributed by atoms with Crippen LogP contribution >= 0.6 is 11.3 Å². The molecular weight excluding hydrogens is 923 g/mol.